The minimum atomic E-state index is -0.942. The molecule has 3 rings (SSSR count). The Labute approximate surface area is 182 Å². The molecule has 0 saturated carbocycles. The van der Waals surface area contributed by atoms with E-state index in [1.807, 2.05) is 6.07 Å². The van der Waals surface area contributed by atoms with Crippen molar-refractivity contribution in [3.05, 3.63) is 93.2 Å². The summed E-state index contributed by atoms with van der Waals surface area (Å²) in [6.45, 7) is 1.24. The lowest BCUT2D eigenvalue weighted by Crippen LogP contribution is -2.13. The van der Waals surface area contributed by atoms with Crippen molar-refractivity contribution in [2.75, 3.05) is 7.11 Å². The first-order valence-corrected chi connectivity index (χ1v) is 10.0. The Morgan fingerprint density at radius 2 is 1.77 bits per heavy atom. The van der Waals surface area contributed by atoms with Gasteiger partial charge >= 0.3 is 5.97 Å². The predicted molar refractivity (Wildman–Crippen MR) is 115 cm³/mol. The summed E-state index contributed by atoms with van der Waals surface area (Å²) in [6.07, 6.45) is 0. The molecule has 3 aromatic rings. The van der Waals surface area contributed by atoms with Crippen molar-refractivity contribution in [3.63, 3.8) is 0 Å². The van der Waals surface area contributed by atoms with Gasteiger partial charge in [-0.05, 0) is 41.5 Å². The molecular weight excluding hydrogens is 453 g/mol. The first-order chi connectivity index (χ1) is 14.5. The fraction of sp³-hybridized carbons (Fsp3) is 0.174. The minimum Gasteiger partial charge on any atom is -0.493 e. The molecule has 2 N–H and O–H groups in total. The van der Waals surface area contributed by atoms with Crippen LogP contribution in [0.4, 0.5) is 4.39 Å². The summed E-state index contributed by atoms with van der Waals surface area (Å²) in [4.78, 5) is 10.9. The number of nitrogens with one attached hydrogen (secondary N) is 1. The fourth-order valence-electron chi connectivity index (χ4n) is 2.86. The van der Waals surface area contributed by atoms with Crippen LogP contribution in [0.15, 0.2) is 65.1 Å². The lowest BCUT2D eigenvalue weighted by Gasteiger charge is -2.15. The highest BCUT2D eigenvalue weighted by Crippen LogP contribution is 2.34. The SMILES string of the molecule is COc1cc(CNCc2ccc(C(=O)O)cc2)c(Br)cc1OCc1ccccc1F. The Balaban J connectivity index is 1.63. The maximum Gasteiger partial charge on any atom is 0.335 e. The van der Waals surface area contributed by atoms with Crippen LogP contribution in [0.2, 0.25) is 0 Å². The van der Waals surface area contributed by atoms with Crippen molar-refractivity contribution in [2.45, 2.75) is 19.7 Å². The third-order valence-corrected chi connectivity index (χ3v) is 5.26. The molecule has 0 aliphatic carbocycles. The zero-order valence-corrected chi connectivity index (χ0v) is 17.9. The molecule has 0 spiro atoms. The van der Waals surface area contributed by atoms with Crippen LogP contribution in [-0.2, 0) is 19.7 Å². The summed E-state index contributed by atoms with van der Waals surface area (Å²) in [5.41, 5.74) is 2.67. The molecule has 30 heavy (non-hydrogen) atoms. The number of hydrogen-bond acceptors (Lipinski definition) is 4. The quantitative estimate of drug-likeness (QED) is 0.448. The molecule has 0 aromatic heterocycles. The minimum absolute atomic E-state index is 0.0966. The predicted octanol–water partition coefficient (Wildman–Crippen LogP) is 5.16. The first kappa shape index (κ1) is 21.8. The summed E-state index contributed by atoms with van der Waals surface area (Å²) in [5, 5.41) is 12.3. The van der Waals surface area contributed by atoms with E-state index in [4.69, 9.17) is 14.6 Å². The van der Waals surface area contributed by atoms with Crippen molar-refractivity contribution in [1.29, 1.82) is 0 Å². The van der Waals surface area contributed by atoms with Gasteiger partial charge in [0.25, 0.3) is 0 Å². The monoisotopic (exact) mass is 473 g/mol. The molecule has 7 heteroatoms. The lowest BCUT2D eigenvalue weighted by atomic mass is 10.1. The van der Waals surface area contributed by atoms with Gasteiger partial charge in [0.1, 0.15) is 12.4 Å². The number of benzene rings is 3. The first-order valence-electron chi connectivity index (χ1n) is 9.23. The normalized spacial score (nSPS) is 10.6. The number of aromatic carboxylic acids is 1. The molecule has 5 nitrogen and oxygen atoms in total. The van der Waals surface area contributed by atoms with Gasteiger partial charge in [-0.1, -0.05) is 46.3 Å². The number of carboxylic acids is 1. The molecule has 0 aliphatic heterocycles. The van der Waals surface area contributed by atoms with Gasteiger partial charge in [0, 0.05) is 23.1 Å². The summed E-state index contributed by atoms with van der Waals surface area (Å²) < 4.78 is 25.8. The van der Waals surface area contributed by atoms with Gasteiger partial charge in [-0.3, -0.25) is 0 Å². The molecule has 0 atom stereocenters. The molecule has 0 saturated heterocycles. The number of ether oxygens (including phenoxy) is 2. The van der Waals surface area contributed by atoms with Crippen molar-refractivity contribution in [3.8, 4) is 11.5 Å². The van der Waals surface area contributed by atoms with E-state index in [2.05, 4.69) is 21.2 Å². The molecule has 0 bridgehead atoms. The number of hydrogen-bond donors (Lipinski definition) is 2. The van der Waals surface area contributed by atoms with E-state index in [-0.39, 0.29) is 18.0 Å². The molecule has 0 aliphatic rings. The Kier molecular flexibility index (Phi) is 7.43. The van der Waals surface area contributed by atoms with Gasteiger partial charge in [0.15, 0.2) is 11.5 Å². The van der Waals surface area contributed by atoms with Gasteiger partial charge < -0.3 is 19.9 Å². The Hall–Kier alpha value is -2.90. The highest BCUT2D eigenvalue weighted by molar-refractivity contribution is 9.10. The highest BCUT2D eigenvalue weighted by Gasteiger charge is 2.12. The largest absolute Gasteiger partial charge is 0.493 e. The van der Waals surface area contributed by atoms with Crippen LogP contribution in [-0.4, -0.2) is 18.2 Å². The second-order valence-corrected chi connectivity index (χ2v) is 7.43. The molecule has 3 aromatic carbocycles. The average Bonchev–Trinajstić information content (AvgIpc) is 2.74. The number of carbonyl (C=O) groups is 1. The third-order valence-electron chi connectivity index (χ3n) is 4.52. The van der Waals surface area contributed by atoms with E-state index in [1.54, 1.807) is 55.6 Å². The van der Waals surface area contributed by atoms with Gasteiger partial charge in [-0.25, -0.2) is 9.18 Å². The van der Waals surface area contributed by atoms with Crippen molar-refractivity contribution in [2.24, 2.45) is 0 Å². The van der Waals surface area contributed by atoms with Crippen molar-refractivity contribution < 1.29 is 23.8 Å². The smallest absolute Gasteiger partial charge is 0.335 e. The van der Waals surface area contributed by atoms with Crippen LogP contribution in [0.5, 0.6) is 11.5 Å². The van der Waals surface area contributed by atoms with E-state index in [0.717, 1.165) is 15.6 Å². The van der Waals surface area contributed by atoms with Gasteiger partial charge in [-0.15, -0.1) is 0 Å². The summed E-state index contributed by atoms with van der Waals surface area (Å²) in [7, 11) is 1.56. The van der Waals surface area contributed by atoms with Gasteiger partial charge in [-0.2, -0.15) is 0 Å². The Morgan fingerprint density at radius 3 is 2.43 bits per heavy atom. The number of carboxylic acid groups (broad SMARTS) is 1. The molecule has 0 fully saturated rings. The van der Waals surface area contributed by atoms with E-state index in [0.29, 0.717) is 30.2 Å². The summed E-state index contributed by atoms with van der Waals surface area (Å²) in [6, 6.07) is 16.9. The average molecular weight is 474 g/mol. The van der Waals surface area contributed by atoms with E-state index >= 15 is 0 Å². The molecule has 0 unspecified atom stereocenters. The fourth-order valence-corrected chi connectivity index (χ4v) is 3.33. The molecule has 0 heterocycles. The van der Waals surface area contributed by atoms with E-state index in [1.165, 1.54) is 6.07 Å². The lowest BCUT2D eigenvalue weighted by molar-refractivity contribution is 0.0697. The van der Waals surface area contributed by atoms with Crippen LogP contribution in [0, 0.1) is 5.82 Å². The van der Waals surface area contributed by atoms with Crippen LogP contribution < -0.4 is 14.8 Å². The molecule has 156 valence electrons. The topological polar surface area (TPSA) is 67.8 Å². The number of halogens is 2. The van der Waals surface area contributed by atoms with Gasteiger partial charge in [0.2, 0.25) is 0 Å². The van der Waals surface area contributed by atoms with Crippen LogP contribution in [0.1, 0.15) is 27.0 Å². The summed E-state index contributed by atoms with van der Waals surface area (Å²) >= 11 is 3.55. The Morgan fingerprint density at radius 1 is 1.03 bits per heavy atom. The van der Waals surface area contributed by atoms with Gasteiger partial charge in [0.05, 0.1) is 12.7 Å². The van der Waals surface area contributed by atoms with Crippen molar-refractivity contribution in [1.82, 2.24) is 5.32 Å². The van der Waals surface area contributed by atoms with Crippen molar-refractivity contribution >= 4 is 21.9 Å². The van der Waals surface area contributed by atoms with E-state index < -0.39 is 5.97 Å². The van der Waals surface area contributed by atoms with Crippen LogP contribution in [0.3, 0.4) is 0 Å². The zero-order valence-electron chi connectivity index (χ0n) is 16.3. The van der Waals surface area contributed by atoms with E-state index in [9.17, 15) is 9.18 Å². The molecular formula is C23H21BrFNO4. The molecule has 0 radical (unpaired) electrons. The second-order valence-electron chi connectivity index (χ2n) is 6.58. The standard InChI is InChI=1S/C23H21BrFNO4/c1-29-21-10-18(13-26-12-15-6-8-16(9-7-15)23(27)28)19(24)11-22(21)30-14-17-4-2-3-5-20(17)25/h2-11,26H,12-14H2,1H3,(H,27,28). The molecule has 0 amide bonds. The number of methoxy groups -OCH3 is 1. The zero-order chi connectivity index (χ0) is 21.5. The second kappa shape index (κ2) is 10.2. The Bertz CT molecular complexity index is 1020. The third kappa shape index (κ3) is 5.58. The number of rotatable bonds is 9. The highest BCUT2D eigenvalue weighted by atomic mass is 79.9. The summed E-state index contributed by atoms with van der Waals surface area (Å²) in [5.74, 6) is -0.187. The maximum absolute atomic E-state index is 13.8. The maximum atomic E-state index is 13.8. The van der Waals surface area contributed by atoms with Crippen LogP contribution >= 0.6 is 15.9 Å². The van der Waals surface area contributed by atoms with Crippen LogP contribution in [0.25, 0.3) is 0 Å².